The number of amides is 2. The fourth-order valence-electron chi connectivity index (χ4n) is 3.59. The van der Waals surface area contributed by atoms with Gasteiger partial charge in [0.2, 0.25) is 5.91 Å². The molecule has 0 aromatic heterocycles. The Kier molecular flexibility index (Phi) is 4.32. The first-order chi connectivity index (χ1) is 13.1. The number of benzene rings is 2. The van der Waals surface area contributed by atoms with Crippen LogP contribution in [0.5, 0.6) is 11.5 Å². The minimum absolute atomic E-state index is 0.164. The van der Waals surface area contributed by atoms with E-state index in [-0.39, 0.29) is 17.5 Å². The van der Waals surface area contributed by atoms with Gasteiger partial charge in [-0.2, -0.15) is 0 Å². The van der Waals surface area contributed by atoms with E-state index in [0.717, 1.165) is 11.1 Å². The first kappa shape index (κ1) is 17.1. The van der Waals surface area contributed by atoms with Gasteiger partial charge in [0.1, 0.15) is 23.2 Å². The van der Waals surface area contributed by atoms with Gasteiger partial charge < -0.3 is 19.7 Å². The van der Waals surface area contributed by atoms with Crippen LogP contribution in [-0.4, -0.2) is 37.0 Å². The van der Waals surface area contributed by atoms with Crippen LogP contribution in [0.15, 0.2) is 48.2 Å². The summed E-state index contributed by atoms with van der Waals surface area (Å²) in [5.41, 5.74) is 3.14. The van der Waals surface area contributed by atoms with Gasteiger partial charge in [-0.05, 0) is 29.3 Å². The summed E-state index contributed by atoms with van der Waals surface area (Å²) in [6.07, 6.45) is 2.18. The molecule has 1 unspecified atom stereocenters. The molecule has 6 heteroatoms. The number of hydrogen-bond donors (Lipinski definition) is 1. The number of hydrogen-bond acceptors (Lipinski definition) is 4. The van der Waals surface area contributed by atoms with Crippen molar-refractivity contribution in [2.24, 2.45) is 0 Å². The number of ether oxygens (including phenoxy) is 2. The molecule has 0 saturated carbocycles. The Bertz CT molecular complexity index is 951. The predicted molar refractivity (Wildman–Crippen MR) is 100 cm³/mol. The number of rotatable bonds is 3. The molecule has 2 amide bonds. The lowest BCUT2D eigenvalue weighted by atomic mass is 9.91. The van der Waals surface area contributed by atoms with E-state index in [2.05, 4.69) is 5.32 Å². The molecule has 1 saturated heterocycles. The lowest BCUT2D eigenvalue weighted by Gasteiger charge is -2.40. The van der Waals surface area contributed by atoms with Gasteiger partial charge in [0, 0.05) is 24.6 Å². The summed E-state index contributed by atoms with van der Waals surface area (Å²) >= 11 is 0. The smallest absolute Gasteiger partial charge is 0.271 e. The molecule has 4 rings (SSSR count). The molecule has 0 bridgehead atoms. The van der Waals surface area contributed by atoms with Gasteiger partial charge in [0.25, 0.3) is 5.91 Å². The van der Waals surface area contributed by atoms with Crippen LogP contribution in [0, 0.1) is 0 Å². The van der Waals surface area contributed by atoms with Crippen molar-refractivity contribution in [3.63, 3.8) is 0 Å². The number of methoxy groups -OCH3 is 2. The van der Waals surface area contributed by atoms with Crippen molar-refractivity contribution >= 4 is 17.9 Å². The van der Waals surface area contributed by atoms with E-state index in [1.807, 2.05) is 24.3 Å². The van der Waals surface area contributed by atoms with E-state index in [4.69, 9.17) is 9.47 Å². The summed E-state index contributed by atoms with van der Waals surface area (Å²) in [7, 11) is 3.13. The van der Waals surface area contributed by atoms with Crippen molar-refractivity contribution in [1.29, 1.82) is 0 Å². The average Bonchev–Trinajstić information content (AvgIpc) is 2.71. The van der Waals surface area contributed by atoms with Gasteiger partial charge >= 0.3 is 0 Å². The van der Waals surface area contributed by atoms with Gasteiger partial charge in [-0.25, -0.2) is 0 Å². The van der Waals surface area contributed by atoms with Crippen molar-refractivity contribution in [1.82, 2.24) is 10.2 Å². The molecule has 2 heterocycles. The SMILES string of the molecule is COc1ccc(C=C2NC(=O)C3Cc4ccccc4CN3C2=O)c(OC)c1. The maximum Gasteiger partial charge on any atom is 0.271 e. The average molecular weight is 364 g/mol. The Morgan fingerprint density at radius 3 is 2.59 bits per heavy atom. The Morgan fingerprint density at radius 1 is 1.07 bits per heavy atom. The number of piperazine rings is 1. The first-order valence-corrected chi connectivity index (χ1v) is 8.73. The second-order valence-corrected chi connectivity index (χ2v) is 6.58. The van der Waals surface area contributed by atoms with E-state index in [1.54, 1.807) is 43.4 Å². The van der Waals surface area contributed by atoms with Gasteiger partial charge in [0.15, 0.2) is 0 Å². The number of fused-ring (bicyclic) bond motifs is 2. The zero-order chi connectivity index (χ0) is 19.0. The van der Waals surface area contributed by atoms with Crippen molar-refractivity contribution in [3.8, 4) is 11.5 Å². The first-order valence-electron chi connectivity index (χ1n) is 8.73. The highest BCUT2D eigenvalue weighted by molar-refractivity contribution is 6.07. The number of carbonyl (C=O) groups excluding carboxylic acids is 2. The topological polar surface area (TPSA) is 67.9 Å². The molecule has 2 aromatic rings. The van der Waals surface area contributed by atoms with Crippen LogP contribution < -0.4 is 14.8 Å². The van der Waals surface area contributed by atoms with Crippen molar-refractivity contribution < 1.29 is 19.1 Å². The van der Waals surface area contributed by atoms with E-state index >= 15 is 0 Å². The van der Waals surface area contributed by atoms with Crippen LogP contribution in [0.4, 0.5) is 0 Å². The predicted octanol–water partition coefficient (Wildman–Crippen LogP) is 2.13. The minimum Gasteiger partial charge on any atom is -0.497 e. The molecule has 0 radical (unpaired) electrons. The highest BCUT2D eigenvalue weighted by atomic mass is 16.5. The van der Waals surface area contributed by atoms with Crippen LogP contribution in [-0.2, 0) is 22.6 Å². The number of nitrogens with one attached hydrogen (secondary N) is 1. The zero-order valence-corrected chi connectivity index (χ0v) is 15.2. The van der Waals surface area contributed by atoms with Crippen LogP contribution in [0.3, 0.4) is 0 Å². The molecule has 6 nitrogen and oxygen atoms in total. The molecule has 2 aliphatic rings. The summed E-state index contributed by atoms with van der Waals surface area (Å²) in [6, 6.07) is 12.8. The molecular formula is C21H20N2O4. The largest absolute Gasteiger partial charge is 0.497 e. The summed E-state index contributed by atoms with van der Waals surface area (Å²) in [4.78, 5) is 27.3. The zero-order valence-electron chi connectivity index (χ0n) is 15.2. The molecule has 1 N–H and O–H groups in total. The molecule has 0 aliphatic carbocycles. The van der Waals surface area contributed by atoms with E-state index in [0.29, 0.717) is 30.0 Å². The summed E-state index contributed by atoms with van der Waals surface area (Å²) in [6.45, 7) is 0.435. The second kappa shape index (κ2) is 6.79. The Morgan fingerprint density at radius 2 is 1.85 bits per heavy atom. The molecule has 2 aliphatic heterocycles. The quantitative estimate of drug-likeness (QED) is 0.848. The van der Waals surface area contributed by atoms with Gasteiger partial charge in [-0.1, -0.05) is 24.3 Å². The Hall–Kier alpha value is -3.28. The van der Waals surface area contributed by atoms with Gasteiger partial charge in [-0.15, -0.1) is 0 Å². The third-order valence-electron chi connectivity index (χ3n) is 5.04. The maximum absolute atomic E-state index is 13.0. The Labute approximate surface area is 157 Å². The van der Waals surface area contributed by atoms with Crippen molar-refractivity contribution in [2.45, 2.75) is 19.0 Å². The number of nitrogens with zero attached hydrogens (tertiary/aromatic N) is 1. The third-order valence-corrected chi connectivity index (χ3v) is 5.04. The normalized spacial score (nSPS) is 20.0. The lowest BCUT2D eigenvalue weighted by Crippen LogP contribution is -2.58. The molecule has 1 fully saturated rings. The second-order valence-electron chi connectivity index (χ2n) is 6.58. The molecular weight excluding hydrogens is 344 g/mol. The van der Waals surface area contributed by atoms with E-state index in [9.17, 15) is 9.59 Å². The Balaban J connectivity index is 1.68. The van der Waals surface area contributed by atoms with Crippen LogP contribution >= 0.6 is 0 Å². The molecule has 27 heavy (non-hydrogen) atoms. The maximum atomic E-state index is 13.0. The van der Waals surface area contributed by atoms with Crippen LogP contribution in [0.1, 0.15) is 16.7 Å². The van der Waals surface area contributed by atoms with Gasteiger partial charge in [0.05, 0.1) is 14.2 Å². The third kappa shape index (κ3) is 3.03. The van der Waals surface area contributed by atoms with E-state index in [1.165, 1.54) is 0 Å². The number of carbonyl (C=O) groups is 2. The highest BCUT2D eigenvalue weighted by Crippen LogP contribution is 2.30. The van der Waals surface area contributed by atoms with E-state index < -0.39 is 6.04 Å². The lowest BCUT2D eigenvalue weighted by molar-refractivity contribution is -0.143. The van der Waals surface area contributed by atoms with Crippen molar-refractivity contribution in [3.05, 3.63) is 64.9 Å². The van der Waals surface area contributed by atoms with Gasteiger partial charge in [-0.3, -0.25) is 9.59 Å². The summed E-state index contributed by atoms with van der Waals surface area (Å²) < 4.78 is 10.6. The molecule has 1 atom stereocenters. The fraction of sp³-hybridized carbons (Fsp3) is 0.238. The molecule has 2 aromatic carbocycles. The monoisotopic (exact) mass is 364 g/mol. The fourth-order valence-corrected chi connectivity index (χ4v) is 3.59. The van der Waals surface area contributed by atoms with Crippen LogP contribution in [0.2, 0.25) is 0 Å². The highest BCUT2D eigenvalue weighted by Gasteiger charge is 2.40. The molecule has 138 valence electrons. The summed E-state index contributed by atoms with van der Waals surface area (Å²) in [5, 5.41) is 2.77. The van der Waals surface area contributed by atoms with Crippen molar-refractivity contribution in [2.75, 3.05) is 14.2 Å². The minimum atomic E-state index is -0.470. The molecule has 0 spiro atoms. The summed E-state index contributed by atoms with van der Waals surface area (Å²) in [5.74, 6) is 0.866. The standard InChI is InChI=1S/C21H20N2O4/c1-26-16-8-7-14(19(11-16)27-2)9-17-21(25)23-12-15-6-4-3-5-13(15)10-18(23)20(24)22-17/h3-9,11,18H,10,12H2,1-2H3,(H,22,24). The van der Waals surface area contributed by atoms with Crippen LogP contribution in [0.25, 0.3) is 6.08 Å².